The van der Waals surface area contributed by atoms with E-state index in [0.29, 0.717) is 26.1 Å². The molecule has 8 heteroatoms. The number of thiocarbonyl (C=S) groups is 1. The van der Waals surface area contributed by atoms with Gasteiger partial charge in [0.1, 0.15) is 15.7 Å². The molecule has 3 N–H and O–H groups in total. The van der Waals surface area contributed by atoms with Gasteiger partial charge in [0, 0.05) is 40.4 Å². The molecule has 2 unspecified atom stereocenters. The Hall–Kier alpha value is -2.71. The number of aromatic nitrogens is 1. The summed E-state index contributed by atoms with van der Waals surface area (Å²) in [6.07, 6.45) is 10.7. The Morgan fingerprint density at radius 3 is 2.93 bits per heavy atom. The smallest absolute Gasteiger partial charge is 0.263 e. The Balaban J connectivity index is 1.80. The predicted octanol–water partition coefficient (Wildman–Crippen LogP) is 3.19. The van der Waals surface area contributed by atoms with Gasteiger partial charge in [-0.3, -0.25) is 14.6 Å². The SMILES string of the molecule is CC1C(C(N)=O)=CC=CC1(C)c1cncc2cc(/C=C3/SC(=S)NC3=O)oc12. The number of fused-ring (bicyclic) bond motifs is 1. The zero-order valence-electron chi connectivity index (χ0n) is 15.2. The largest absolute Gasteiger partial charge is 0.456 e. The van der Waals surface area contributed by atoms with Crippen molar-refractivity contribution in [2.24, 2.45) is 11.7 Å². The van der Waals surface area contributed by atoms with Gasteiger partial charge in [-0.1, -0.05) is 56.1 Å². The van der Waals surface area contributed by atoms with E-state index in [9.17, 15) is 9.59 Å². The molecule has 1 aliphatic carbocycles. The van der Waals surface area contributed by atoms with Crippen molar-refractivity contribution in [2.75, 3.05) is 0 Å². The number of carbonyl (C=O) groups excluding carboxylic acids is 2. The van der Waals surface area contributed by atoms with E-state index >= 15 is 0 Å². The fraction of sp³-hybridized carbons (Fsp3) is 0.200. The van der Waals surface area contributed by atoms with Gasteiger partial charge >= 0.3 is 0 Å². The maximum atomic E-state index is 11.9. The number of pyridine rings is 1. The van der Waals surface area contributed by atoms with Gasteiger partial charge in [-0.15, -0.1) is 0 Å². The Morgan fingerprint density at radius 2 is 2.25 bits per heavy atom. The molecule has 2 aliphatic rings. The molecular formula is C20H17N3O3S2. The molecule has 0 saturated carbocycles. The summed E-state index contributed by atoms with van der Waals surface area (Å²) in [7, 11) is 0. The molecule has 1 fully saturated rings. The molecule has 2 amide bonds. The Labute approximate surface area is 170 Å². The number of primary amides is 1. The molecule has 0 bridgehead atoms. The van der Waals surface area contributed by atoms with Crippen molar-refractivity contribution in [3.8, 4) is 0 Å². The van der Waals surface area contributed by atoms with Gasteiger partial charge < -0.3 is 15.5 Å². The van der Waals surface area contributed by atoms with Crippen molar-refractivity contribution in [2.45, 2.75) is 19.3 Å². The van der Waals surface area contributed by atoms with Crippen molar-refractivity contribution in [3.63, 3.8) is 0 Å². The zero-order chi connectivity index (χ0) is 20.1. The lowest BCUT2D eigenvalue weighted by Crippen LogP contribution is -2.35. The topological polar surface area (TPSA) is 98.2 Å². The quantitative estimate of drug-likeness (QED) is 0.595. The van der Waals surface area contributed by atoms with Gasteiger partial charge in [-0.25, -0.2) is 0 Å². The molecule has 3 heterocycles. The van der Waals surface area contributed by atoms with Crippen LogP contribution in [0.1, 0.15) is 25.2 Å². The number of thioether (sulfide) groups is 1. The van der Waals surface area contributed by atoms with Crippen LogP contribution >= 0.6 is 24.0 Å². The zero-order valence-corrected chi connectivity index (χ0v) is 16.8. The van der Waals surface area contributed by atoms with Crippen LogP contribution in [-0.2, 0) is 15.0 Å². The van der Waals surface area contributed by atoms with E-state index in [2.05, 4.69) is 10.3 Å². The van der Waals surface area contributed by atoms with Gasteiger partial charge in [-0.2, -0.15) is 0 Å². The van der Waals surface area contributed by atoms with Crippen LogP contribution in [0.2, 0.25) is 0 Å². The Bertz CT molecular complexity index is 1130. The number of carbonyl (C=O) groups is 2. The fourth-order valence-corrected chi connectivity index (χ4v) is 4.59. The molecule has 4 rings (SSSR count). The second-order valence-electron chi connectivity index (χ2n) is 6.96. The summed E-state index contributed by atoms with van der Waals surface area (Å²) < 4.78 is 6.51. The number of nitrogens with two attached hydrogens (primary N) is 1. The van der Waals surface area contributed by atoms with E-state index in [1.807, 2.05) is 32.1 Å². The number of nitrogens with zero attached hydrogens (tertiary/aromatic N) is 1. The van der Waals surface area contributed by atoms with Crippen LogP contribution in [-0.4, -0.2) is 21.1 Å². The predicted molar refractivity (Wildman–Crippen MR) is 113 cm³/mol. The molecule has 0 aromatic carbocycles. The summed E-state index contributed by atoms with van der Waals surface area (Å²) in [5.74, 6) is -0.287. The second kappa shape index (κ2) is 6.72. The van der Waals surface area contributed by atoms with Crippen LogP contribution in [0.25, 0.3) is 17.0 Å². The first-order chi connectivity index (χ1) is 13.3. The highest BCUT2D eigenvalue weighted by molar-refractivity contribution is 8.26. The summed E-state index contributed by atoms with van der Waals surface area (Å²) in [6.45, 7) is 3.99. The molecule has 6 nitrogen and oxygen atoms in total. The normalized spacial score (nSPS) is 26.0. The minimum atomic E-state index is -0.519. The lowest BCUT2D eigenvalue weighted by molar-refractivity contribution is -0.116. The summed E-state index contributed by atoms with van der Waals surface area (Å²) >= 11 is 6.22. The van der Waals surface area contributed by atoms with Crippen LogP contribution in [0.4, 0.5) is 0 Å². The second-order valence-corrected chi connectivity index (χ2v) is 8.68. The van der Waals surface area contributed by atoms with Crippen LogP contribution in [0, 0.1) is 5.92 Å². The van der Waals surface area contributed by atoms with Gasteiger partial charge in [-0.05, 0) is 12.0 Å². The third-order valence-corrected chi connectivity index (χ3v) is 6.47. The molecule has 28 heavy (non-hydrogen) atoms. The first-order valence-electron chi connectivity index (χ1n) is 8.61. The first-order valence-corrected chi connectivity index (χ1v) is 9.84. The van der Waals surface area contributed by atoms with Crippen molar-refractivity contribution in [3.05, 3.63) is 58.5 Å². The summed E-state index contributed by atoms with van der Waals surface area (Å²) in [4.78, 5) is 28.6. The molecule has 2 atom stereocenters. The lowest BCUT2D eigenvalue weighted by atomic mass is 9.67. The average Bonchev–Trinajstić information content (AvgIpc) is 3.19. The number of rotatable bonds is 3. The maximum Gasteiger partial charge on any atom is 0.263 e. The monoisotopic (exact) mass is 411 g/mol. The first kappa shape index (κ1) is 18.6. The van der Waals surface area contributed by atoms with E-state index in [-0.39, 0.29) is 11.8 Å². The van der Waals surface area contributed by atoms with E-state index in [4.69, 9.17) is 22.4 Å². The minimum Gasteiger partial charge on any atom is -0.456 e. The van der Waals surface area contributed by atoms with E-state index in [1.165, 1.54) is 11.8 Å². The minimum absolute atomic E-state index is 0.150. The van der Waals surface area contributed by atoms with E-state index < -0.39 is 11.3 Å². The molecule has 2 aromatic rings. The molecular weight excluding hydrogens is 394 g/mol. The van der Waals surface area contributed by atoms with Crippen molar-refractivity contribution in [1.82, 2.24) is 10.3 Å². The van der Waals surface area contributed by atoms with Gasteiger partial charge in [0.2, 0.25) is 5.91 Å². The number of amides is 2. The highest BCUT2D eigenvalue weighted by Gasteiger charge is 2.38. The summed E-state index contributed by atoms with van der Waals surface area (Å²) in [6, 6.07) is 1.83. The molecule has 0 spiro atoms. The number of furan rings is 1. The number of hydrogen-bond donors (Lipinski definition) is 2. The van der Waals surface area contributed by atoms with Crippen LogP contribution < -0.4 is 11.1 Å². The standard InChI is InChI=1S/C20H17N3O3S2/c1-10-13(17(21)24)4-3-5-20(10,2)14-9-22-8-11-6-12(26-16(11)14)7-15-18(25)23-19(27)28-15/h3-10H,1-2H3,(H2,21,24)(H,23,25,27)/b15-7+. The molecule has 1 saturated heterocycles. The number of allylic oxidation sites excluding steroid dienone is 3. The molecule has 0 radical (unpaired) electrons. The number of nitrogens with one attached hydrogen (secondary N) is 1. The third kappa shape index (κ3) is 2.98. The molecule has 2 aromatic heterocycles. The van der Waals surface area contributed by atoms with Crippen molar-refractivity contribution < 1.29 is 14.0 Å². The van der Waals surface area contributed by atoms with Crippen LogP contribution in [0.5, 0.6) is 0 Å². The van der Waals surface area contributed by atoms with Gasteiger partial charge in [0.05, 0.1) is 4.91 Å². The number of hydrogen-bond acceptors (Lipinski definition) is 6. The van der Waals surface area contributed by atoms with Crippen LogP contribution in [0.3, 0.4) is 0 Å². The van der Waals surface area contributed by atoms with Gasteiger partial charge in [0.25, 0.3) is 5.91 Å². The molecule has 142 valence electrons. The van der Waals surface area contributed by atoms with Crippen LogP contribution in [0.15, 0.2) is 51.6 Å². The van der Waals surface area contributed by atoms with E-state index in [1.54, 1.807) is 24.5 Å². The van der Waals surface area contributed by atoms with E-state index in [0.717, 1.165) is 10.9 Å². The van der Waals surface area contributed by atoms with Gasteiger partial charge in [0.15, 0.2) is 0 Å². The third-order valence-electron chi connectivity index (χ3n) is 5.31. The maximum absolute atomic E-state index is 11.9. The lowest BCUT2D eigenvalue weighted by Gasteiger charge is -2.36. The summed E-state index contributed by atoms with van der Waals surface area (Å²) in [5, 5.41) is 3.40. The highest BCUT2D eigenvalue weighted by Crippen LogP contribution is 2.43. The van der Waals surface area contributed by atoms with Crippen molar-refractivity contribution in [1.29, 1.82) is 0 Å². The average molecular weight is 412 g/mol. The highest BCUT2D eigenvalue weighted by atomic mass is 32.2. The molecule has 1 aliphatic heterocycles. The Kier molecular flexibility index (Phi) is 4.47. The van der Waals surface area contributed by atoms with Crippen molar-refractivity contribution >= 4 is 57.2 Å². The summed E-state index contributed by atoms with van der Waals surface area (Å²) in [5.41, 5.74) is 7.11. The Morgan fingerprint density at radius 1 is 1.46 bits per heavy atom. The fourth-order valence-electron chi connectivity index (χ4n) is 3.57.